The molecule has 158 valence electrons. The van der Waals surface area contributed by atoms with Gasteiger partial charge in [-0.05, 0) is 56.8 Å². The molecule has 28 heavy (non-hydrogen) atoms. The van der Waals surface area contributed by atoms with Crippen LogP contribution >= 0.6 is 0 Å². The molecule has 6 heteroatoms. The summed E-state index contributed by atoms with van der Waals surface area (Å²) in [6.45, 7) is 9.77. The van der Waals surface area contributed by atoms with Crippen LogP contribution in [0.3, 0.4) is 0 Å². The van der Waals surface area contributed by atoms with Crippen LogP contribution in [-0.4, -0.2) is 76.3 Å². The van der Waals surface area contributed by atoms with Gasteiger partial charge in [0.15, 0.2) is 9.84 Å². The highest BCUT2D eigenvalue weighted by Gasteiger charge is 2.39. The minimum absolute atomic E-state index is 0.422. The summed E-state index contributed by atoms with van der Waals surface area (Å²) in [5.74, 6) is 0.774. The van der Waals surface area contributed by atoms with E-state index >= 15 is 0 Å². The molecule has 3 aliphatic heterocycles. The first-order chi connectivity index (χ1) is 13.4. The highest BCUT2D eigenvalue weighted by atomic mass is 32.2. The number of benzene rings is 1. The fourth-order valence-corrected chi connectivity index (χ4v) is 5.74. The summed E-state index contributed by atoms with van der Waals surface area (Å²) in [4.78, 5) is 8.07. The number of nitrogens with zero attached hydrogens (tertiary/aromatic N) is 3. The summed E-state index contributed by atoms with van der Waals surface area (Å²) >= 11 is 0. The third-order valence-electron chi connectivity index (χ3n) is 6.51. The van der Waals surface area contributed by atoms with Gasteiger partial charge in [-0.2, -0.15) is 0 Å². The molecule has 2 bridgehead atoms. The van der Waals surface area contributed by atoms with Crippen LogP contribution in [0.2, 0.25) is 0 Å². The van der Waals surface area contributed by atoms with Crippen molar-refractivity contribution in [2.75, 3.05) is 50.9 Å². The van der Waals surface area contributed by atoms with Gasteiger partial charge in [-0.1, -0.05) is 19.9 Å². The Labute approximate surface area is 171 Å². The summed E-state index contributed by atoms with van der Waals surface area (Å²) < 4.78 is 23.6. The Morgan fingerprint density at radius 3 is 2.18 bits per heavy atom. The molecule has 5 nitrogen and oxygen atoms in total. The van der Waals surface area contributed by atoms with E-state index in [9.17, 15) is 8.42 Å². The van der Waals surface area contributed by atoms with E-state index < -0.39 is 9.84 Å². The maximum atomic E-state index is 11.8. The number of anilines is 1. The first kappa shape index (κ1) is 21.6. The quantitative estimate of drug-likeness (QED) is 0.767. The van der Waals surface area contributed by atoms with Crippen molar-refractivity contribution in [3.05, 3.63) is 24.3 Å². The lowest BCUT2D eigenvalue weighted by molar-refractivity contribution is 0.0639. The van der Waals surface area contributed by atoms with Gasteiger partial charge in [-0.25, -0.2) is 8.42 Å². The predicted molar refractivity (Wildman–Crippen MR) is 117 cm³/mol. The number of sulfone groups is 1. The normalized spacial score (nSPS) is 26.8. The molecule has 1 aromatic rings. The average Bonchev–Trinajstić information content (AvgIpc) is 2.92. The van der Waals surface area contributed by atoms with Crippen LogP contribution in [-0.2, 0) is 9.84 Å². The minimum atomic E-state index is -3.14. The lowest BCUT2D eigenvalue weighted by Crippen LogP contribution is -2.54. The molecule has 0 aromatic heterocycles. The molecule has 2 atom stereocenters. The van der Waals surface area contributed by atoms with E-state index in [-0.39, 0.29) is 0 Å². The number of piperazine rings is 1. The van der Waals surface area contributed by atoms with Gasteiger partial charge >= 0.3 is 0 Å². The van der Waals surface area contributed by atoms with Crippen molar-refractivity contribution in [3.63, 3.8) is 0 Å². The molecule has 1 aromatic carbocycles. The van der Waals surface area contributed by atoms with Crippen LogP contribution in [0.4, 0.5) is 5.69 Å². The molecular formula is C22H37N3O2S. The second kappa shape index (κ2) is 9.14. The molecule has 0 spiro atoms. The molecule has 4 rings (SSSR count). The molecule has 0 N–H and O–H groups in total. The number of rotatable bonds is 4. The number of hydrogen-bond acceptors (Lipinski definition) is 5. The molecule has 3 fully saturated rings. The van der Waals surface area contributed by atoms with Crippen LogP contribution in [0.5, 0.6) is 0 Å². The summed E-state index contributed by atoms with van der Waals surface area (Å²) in [5.41, 5.74) is 1.05. The van der Waals surface area contributed by atoms with Crippen LogP contribution in [0, 0.1) is 5.92 Å². The minimum Gasteiger partial charge on any atom is -0.371 e. The van der Waals surface area contributed by atoms with Crippen LogP contribution in [0.1, 0.15) is 39.5 Å². The summed E-state index contributed by atoms with van der Waals surface area (Å²) in [7, 11) is -0.885. The zero-order valence-electron chi connectivity index (χ0n) is 18.0. The van der Waals surface area contributed by atoms with E-state index in [1.54, 1.807) is 6.07 Å². The monoisotopic (exact) mass is 407 g/mol. The largest absolute Gasteiger partial charge is 0.371 e. The predicted octanol–water partition coefficient (Wildman–Crippen LogP) is 3.11. The Bertz CT molecular complexity index is 730. The van der Waals surface area contributed by atoms with Crippen molar-refractivity contribution < 1.29 is 8.42 Å². The van der Waals surface area contributed by atoms with E-state index in [2.05, 4.69) is 21.7 Å². The average molecular weight is 408 g/mol. The Kier molecular flexibility index (Phi) is 7.05. The fraction of sp³-hybridized carbons (Fsp3) is 0.727. The maximum Gasteiger partial charge on any atom is 0.175 e. The highest BCUT2D eigenvalue weighted by Crippen LogP contribution is 2.33. The van der Waals surface area contributed by atoms with Gasteiger partial charge in [0.05, 0.1) is 4.90 Å². The number of fused-ring (bicyclic) bond motifs is 2. The fourth-order valence-electron chi connectivity index (χ4n) is 5.08. The first-order valence-corrected chi connectivity index (χ1v) is 12.8. The number of hydrogen-bond donors (Lipinski definition) is 0. The van der Waals surface area contributed by atoms with E-state index in [1.807, 2.05) is 32.0 Å². The lowest BCUT2D eigenvalue weighted by atomic mass is 9.94. The molecule has 0 saturated carbocycles. The van der Waals surface area contributed by atoms with Crippen molar-refractivity contribution in [2.24, 2.45) is 5.92 Å². The van der Waals surface area contributed by atoms with Crippen molar-refractivity contribution in [1.82, 2.24) is 9.80 Å². The van der Waals surface area contributed by atoms with Crippen molar-refractivity contribution in [3.8, 4) is 0 Å². The number of likely N-dealkylation sites (tertiary alicyclic amines) is 1. The Morgan fingerprint density at radius 1 is 1.00 bits per heavy atom. The molecule has 3 aliphatic rings. The summed E-state index contributed by atoms with van der Waals surface area (Å²) in [6, 6.07) is 8.95. The molecule has 0 aliphatic carbocycles. The van der Waals surface area contributed by atoms with Gasteiger partial charge in [0, 0.05) is 56.8 Å². The standard InChI is InChI=1S/C20H31N3O2S.C2H6/c1-21-14-18-6-7-19(15-21)23(18)13-16-8-10-22(11-9-16)17-4-3-5-20(12-17)26(2,24)25;1-2/h3-5,12,16,18-19H,6-11,13-15H2,1-2H3;1-2H3. The van der Waals surface area contributed by atoms with Crippen molar-refractivity contribution in [2.45, 2.75) is 56.5 Å². The van der Waals surface area contributed by atoms with Crippen molar-refractivity contribution >= 4 is 15.5 Å². The molecule has 0 radical (unpaired) electrons. The molecule has 3 heterocycles. The SMILES string of the molecule is CC.CN1CC2CCC(C1)N2CC1CCN(c2cccc(S(C)(=O)=O)c2)CC1. The first-order valence-electron chi connectivity index (χ1n) is 10.9. The van der Waals surface area contributed by atoms with Gasteiger partial charge in [0.1, 0.15) is 0 Å². The van der Waals surface area contributed by atoms with Gasteiger partial charge in [-0.3, -0.25) is 4.90 Å². The molecule has 2 unspecified atom stereocenters. The van der Waals surface area contributed by atoms with E-state index in [0.29, 0.717) is 4.90 Å². The summed E-state index contributed by atoms with van der Waals surface area (Å²) in [5, 5.41) is 0. The van der Waals surface area contributed by atoms with Crippen molar-refractivity contribution in [1.29, 1.82) is 0 Å². The zero-order chi connectivity index (χ0) is 20.3. The third kappa shape index (κ3) is 4.89. The van der Waals surface area contributed by atoms with E-state index in [4.69, 9.17) is 0 Å². The van der Waals surface area contributed by atoms with Gasteiger partial charge in [0.25, 0.3) is 0 Å². The lowest BCUT2D eigenvalue weighted by Gasteiger charge is -2.43. The Morgan fingerprint density at radius 2 is 1.61 bits per heavy atom. The molecule has 3 saturated heterocycles. The highest BCUT2D eigenvalue weighted by molar-refractivity contribution is 7.90. The van der Waals surface area contributed by atoms with Crippen LogP contribution in [0.15, 0.2) is 29.2 Å². The third-order valence-corrected chi connectivity index (χ3v) is 7.62. The van der Waals surface area contributed by atoms with Gasteiger partial charge in [0.2, 0.25) is 0 Å². The van der Waals surface area contributed by atoms with Crippen LogP contribution < -0.4 is 4.90 Å². The Balaban J connectivity index is 0.00000109. The number of likely N-dealkylation sites (N-methyl/N-ethyl adjacent to an activating group) is 1. The van der Waals surface area contributed by atoms with E-state index in [1.165, 1.54) is 51.6 Å². The smallest absolute Gasteiger partial charge is 0.175 e. The zero-order valence-corrected chi connectivity index (χ0v) is 18.8. The number of piperidine rings is 1. The topological polar surface area (TPSA) is 43.9 Å². The Hall–Kier alpha value is -1.11. The molecule has 0 amide bonds. The molecular weight excluding hydrogens is 370 g/mol. The van der Waals surface area contributed by atoms with Crippen LogP contribution in [0.25, 0.3) is 0 Å². The van der Waals surface area contributed by atoms with E-state index in [0.717, 1.165) is 36.8 Å². The second-order valence-electron chi connectivity index (χ2n) is 8.50. The maximum absolute atomic E-state index is 11.8. The second-order valence-corrected chi connectivity index (χ2v) is 10.5. The summed E-state index contributed by atoms with van der Waals surface area (Å²) in [6.07, 6.45) is 6.42. The van der Waals surface area contributed by atoms with Gasteiger partial charge in [-0.15, -0.1) is 0 Å². The van der Waals surface area contributed by atoms with Gasteiger partial charge < -0.3 is 9.80 Å².